The second-order valence-corrected chi connectivity index (χ2v) is 5.39. The number of nitrogens with zero attached hydrogens (tertiary/aromatic N) is 2. The van der Waals surface area contributed by atoms with Crippen LogP contribution < -0.4 is 0 Å². The Morgan fingerprint density at radius 2 is 2.09 bits per heavy atom. The van der Waals surface area contributed by atoms with E-state index >= 15 is 0 Å². The van der Waals surface area contributed by atoms with Gasteiger partial charge in [-0.15, -0.1) is 0 Å². The van der Waals surface area contributed by atoms with E-state index in [9.17, 15) is 4.79 Å². The molecule has 1 heterocycles. The zero-order valence-corrected chi connectivity index (χ0v) is 13.2. The highest BCUT2D eigenvalue weighted by atomic mass is 35.5. The zero-order chi connectivity index (χ0) is 15.9. The van der Waals surface area contributed by atoms with Crippen molar-refractivity contribution in [2.75, 3.05) is 13.2 Å². The van der Waals surface area contributed by atoms with Crippen LogP contribution in [0.4, 0.5) is 0 Å². The molecule has 2 aromatic rings. The van der Waals surface area contributed by atoms with Crippen LogP contribution in [0.25, 0.3) is 0 Å². The summed E-state index contributed by atoms with van der Waals surface area (Å²) >= 11 is 5.90. The largest absolute Gasteiger partial charge is 0.395 e. The molecule has 1 amide bonds. The molecule has 22 heavy (non-hydrogen) atoms. The first kappa shape index (κ1) is 16.5. The third-order valence-electron chi connectivity index (χ3n) is 3.46. The fraction of sp³-hybridized carbons (Fsp3) is 0.375. The van der Waals surface area contributed by atoms with Crippen molar-refractivity contribution in [1.29, 1.82) is 0 Å². The molecule has 118 valence electrons. The highest BCUT2D eigenvalue weighted by Gasteiger charge is 2.17. The van der Waals surface area contributed by atoms with E-state index in [0.29, 0.717) is 31.6 Å². The number of carbonyl (C=O) groups is 1. The summed E-state index contributed by atoms with van der Waals surface area (Å²) in [6.45, 7) is 2.52. The van der Waals surface area contributed by atoms with Gasteiger partial charge in [-0.25, -0.2) is 0 Å². The number of aliphatic hydroxyl groups is 1. The van der Waals surface area contributed by atoms with Crippen molar-refractivity contribution in [1.82, 2.24) is 10.1 Å². The van der Waals surface area contributed by atoms with Crippen LogP contribution in [0.2, 0.25) is 5.22 Å². The number of carbonyl (C=O) groups excluding carboxylic acids is 1. The molecule has 1 aromatic heterocycles. The third-order valence-corrected chi connectivity index (χ3v) is 3.76. The Morgan fingerprint density at radius 3 is 2.68 bits per heavy atom. The number of hydrogen-bond donors (Lipinski definition) is 1. The molecule has 0 radical (unpaired) electrons. The van der Waals surface area contributed by atoms with Crippen molar-refractivity contribution in [2.24, 2.45) is 0 Å². The molecule has 5 nitrogen and oxygen atoms in total. The topological polar surface area (TPSA) is 66.6 Å². The predicted octanol–water partition coefficient (Wildman–Crippen LogP) is 2.59. The smallest absolute Gasteiger partial charge is 0.229 e. The van der Waals surface area contributed by atoms with Gasteiger partial charge in [0.2, 0.25) is 11.1 Å². The molecule has 0 fully saturated rings. The molecule has 0 saturated carbocycles. The van der Waals surface area contributed by atoms with E-state index in [1.54, 1.807) is 11.8 Å². The van der Waals surface area contributed by atoms with E-state index in [2.05, 4.69) is 5.16 Å². The van der Waals surface area contributed by atoms with Crippen molar-refractivity contribution in [3.8, 4) is 0 Å². The van der Waals surface area contributed by atoms with Crippen LogP contribution in [-0.2, 0) is 17.8 Å². The lowest BCUT2D eigenvalue weighted by Gasteiger charge is -2.22. The summed E-state index contributed by atoms with van der Waals surface area (Å²) in [7, 11) is 0. The maximum absolute atomic E-state index is 12.4. The second-order valence-electron chi connectivity index (χ2n) is 5.04. The summed E-state index contributed by atoms with van der Waals surface area (Å²) in [5, 5.41) is 13.2. The Balaban J connectivity index is 1.97. The summed E-state index contributed by atoms with van der Waals surface area (Å²) in [5.41, 5.74) is 2.50. The quantitative estimate of drug-likeness (QED) is 0.851. The highest BCUT2D eigenvalue weighted by Crippen LogP contribution is 2.21. The van der Waals surface area contributed by atoms with E-state index in [4.69, 9.17) is 21.2 Å². The molecule has 0 bridgehead atoms. The van der Waals surface area contributed by atoms with Gasteiger partial charge in [-0.3, -0.25) is 4.79 Å². The lowest BCUT2D eigenvalue weighted by molar-refractivity contribution is -0.132. The van der Waals surface area contributed by atoms with Gasteiger partial charge in [0, 0.05) is 25.1 Å². The average molecular weight is 323 g/mol. The van der Waals surface area contributed by atoms with E-state index < -0.39 is 0 Å². The van der Waals surface area contributed by atoms with Crippen LogP contribution in [0.1, 0.15) is 23.2 Å². The van der Waals surface area contributed by atoms with Gasteiger partial charge in [-0.05, 0) is 30.5 Å². The Kier molecular flexibility index (Phi) is 5.98. The number of aliphatic hydroxyl groups excluding tert-OH is 1. The number of amides is 1. The molecular weight excluding hydrogens is 304 g/mol. The van der Waals surface area contributed by atoms with Gasteiger partial charge < -0.3 is 14.5 Å². The summed E-state index contributed by atoms with van der Waals surface area (Å²) in [6.07, 6.45) is 0.776. The fourth-order valence-corrected chi connectivity index (χ4v) is 2.51. The summed E-state index contributed by atoms with van der Waals surface area (Å²) in [4.78, 5) is 14.0. The number of hydrogen-bond acceptors (Lipinski definition) is 4. The van der Waals surface area contributed by atoms with E-state index in [1.165, 1.54) is 0 Å². The van der Waals surface area contributed by atoms with E-state index in [-0.39, 0.29) is 17.7 Å². The molecule has 0 aliphatic carbocycles. The van der Waals surface area contributed by atoms with Gasteiger partial charge >= 0.3 is 0 Å². The monoisotopic (exact) mass is 322 g/mol. The molecule has 0 unspecified atom stereocenters. The van der Waals surface area contributed by atoms with Crippen LogP contribution in [0.15, 0.2) is 34.9 Å². The molecule has 6 heteroatoms. The molecule has 0 atom stereocenters. The Bertz CT molecular complexity index is 594. The number of rotatable bonds is 7. The van der Waals surface area contributed by atoms with E-state index in [1.807, 2.05) is 30.3 Å². The van der Waals surface area contributed by atoms with Gasteiger partial charge in [-0.1, -0.05) is 35.5 Å². The molecule has 1 aromatic carbocycles. The molecule has 2 rings (SSSR count). The van der Waals surface area contributed by atoms with Crippen LogP contribution in [-0.4, -0.2) is 34.2 Å². The van der Waals surface area contributed by atoms with Crippen molar-refractivity contribution in [2.45, 2.75) is 26.3 Å². The predicted molar refractivity (Wildman–Crippen MR) is 83.5 cm³/mol. The van der Waals surface area contributed by atoms with Gasteiger partial charge in [0.25, 0.3) is 0 Å². The van der Waals surface area contributed by atoms with Crippen molar-refractivity contribution in [3.05, 3.63) is 52.4 Å². The molecule has 0 spiro atoms. The van der Waals surface area contributed by atoms with Crippen molar-refractivity contribution >= 4 is 17.5 Å². The first-order valence-electron chi connectivity index (χ1n) is 7.15. The first-order valence-corrected chi connectivity index (χ1v) is 7.53. The molecule has 0 saturated heterocycles. The standard InChI is InChI=1S/C16H19ClN2O3/c1-12-14(16(17)22-18-12)7-8-15(21)19(9-10-20)11-13-5-3-2-4-6-13/h2-6,20H,7-11H2,1H3. The Labute approximate surface area is 134 Å². The normalized spacial score (nSPS) is 10.7. The Morgan fingerprint density at radius 1 is 1.36 bits per heavy atom. The lowest BCUT2D eigenvalue weighted by atomic mass is 10.1. The summed E-state index contributed by atoms with van der Waals surface area (Å²) < 4.78 is 4.88. The molecule has 0 aliphatic rings. The first-order chi connectivity index (χ1) is 10.6. The lowest BCUT2D eigenvalue weighted by Crippen LogP contribution is -2.33. The van der Waals surface area contributed by atoms with Gasteiger partial charge in [0.15, 0.2) is 0 Å². The minimum absolute atomic E-state index is 0.0328. The maximum Gasteiger partial charge on any atom is 0.229 e. The summed E-state index contributed by atoms with van der Waals surface area (Å²) in [5.74, 6) is -0.0328. The van der Waals surface area contributed by atoms with Gasteiger partial charge in [-0.2, -0.15) is 0 Å². The maximum atomic E-state index is 12.4. The average Bonchev–Trinajstić information content (AvgIpc) is 2.84. The van der Waals surface area contributed by atoms with Gasteiger partial charge in [0.1, 0.15) is 0 Å². The summed E-state index contributed by atoms with van der Waals surface area (Å²) in [6, 6.07) is 9.70. The third kappa shape index (κ3) is 4.32. The van der Waals surface area contributed by atoms with Crippen LogP contribution in [0, 0.1) is 6.92 Å². The minimum Gasteiger partial charge on any atom is -0.395 e. The van der Waals surface area contributed by atoms with E-state index in [0.717, 1.165) is 11.1 Å². The minimum atomic E-state index is -0.0639. The SMILES string of the molecule is Cc1noc(Cl)c1CCC(=O)N(CCO)Cc1ccccc1. The Hall–Kier alpha value is -1.85. The van der Waals surface area contributed by atoms with Gasteiger partial charge in [0.05, 0.1) is 12.3 Å². The molecular formula is C16H19ClN2O3. The van der Waals surface area contributed by atoms with Crippen LogP contribution >= 0.6 is 11.6 Å². The molecule has 0 aliphatic heterocycles. The second kappa shape index (κ2) is 7.96. The van der Waals surface area contributed by atoms with Crippen LogP contribution in [0.3, 0.4) is 0 Å². The number of benzene rings is 1. The fourth-order valence-electron chi connectivity index (χ4n) is 2.25. The molecule has 1 N–H and O–H groups in total. The zero-order valence-electron chi connectivity index (χ0n) is 12.5. The van der Waals surface area contributed by atoms with Crippen LogP contribution in [0.5, 0.6) is 0 Å². The number of aromatic nitrogens is 1. The van der Waals surface area contributed by atoms with Crippen molar-refractivity contribution in [3.63, 3.8) is 0 Å². The highest BCUT2D eigenvalue weighted by molar-refractivity contribution is 6.29. The number of halogens is 1. The van der Waals surface area contributed by atoms with Crippen molar-refractivity contribution < 1.29 is 14.4 Å². The number of aryl methyl sites for hydroxylation is 1.